The van der Waals surface area contributed by atoms with Crippen LogP contribution in [0.25, 0.3) is 6.08 Å². The number of carbonyl (C=O) groups excluding carboxylic acids is 2. The number of benzene rings is 2. The molecule has 1 N–H and O–H groups in total. The Morgan fingerprint density at radius 1 is 0.933 bits per heavy atom. The van der Waals surface area contributed by atoms with Gasteiger partial charge in [-0.05, 0) is 55.7 Å². The minimum atomic E-state index is -0.301. The summed E-state index contributed by atoms with van der Waals surface area (Å²) in [7, 11) is 0. The molecule has 0 atom stereocenters. The number of nitrogens with zero attached hydrogens (tertiary/aromatic N) is 1. The SMILES string of the molecule is Cc1ccc(C(=O)N/C(=C\c2ccc3c(c2)OCO3)C(=O)N2CCCCCC2)cc1. The summed E-state index contributed by atoms with van der Waals surface area (Å²) >= 11 is 0. The summed E-state index contributed by atoms with van der Waals surface area (Å²) in [5, 5.41) is 2.85. The van der Waals surface area contributed by atoms with E-state index in [2.05, 4.69) is 5.32 Å². The molecule has 0 radical (unpaired) electrons. The second kappa shape index (κ2) is 9.03. The number of hydrogen-bond donors (Lipinski definition) is 1. The Morgan fingerprint density at radius 2 is 1.63 bits per heavy atom. The quantitative estimate of drug-likeness (QED) is 0.782. The highest BCUT2D eigenvalue weighted by molar-refractivity contribution is 6.05. The molecule has 6 nitrogen and oxygen atoms in total. The van der Waals surface area contributed by atoms with Crippen LogP contribution >= 0.6 is 0 Å². The van der Waals surface area contributed by atoms with Crippen LogP contribution in [-0.2, 0) is 4.79 Å². The molecule has 1 fully saturated rings. The van der Waals surface area contributed by atoms with E-state index in [0.717, 1.165) is 36.8 Å². The highest BCUT2D eigenvalue weighted by Crippen LogP contribution is 2.33. The van der Waals surface area contributed by atoms with E-state index in [4.69, 9.17) is 9.47 Å². The standard InChI is InChI=1S/C24H26N2O4/c1-17-6-9-19(10-7-17)23(27)25-20(24(28)26-12-4-2-3-5-13-26)14-18-8-11-21-22(15-18)30-16-29-21/h6-11,14-15H,2-5,12-13,16H2,1H3,(H,25,27)/b20-14-. The number of ether oxygens (including phenoxy) is 2. The fourth-order valence-electron chi connectivity index (χ4n) is 3.66. The first-order chi connectivity index (χ1) is 14.6. The van der Waals surface area contributed by atoms with E-state index in [1.165, 1.54) is 0 Å². The van der Waals surface area contributed by atoms with E-state index in [1.807, 2.05) is 42.2 Å². The Bertz CT molecular complexity index is 958. The number of amides is 2. The van der Waals surface area contributed by atoms with Crippen LogP contribution in [0.1, 0.15) is 47.2 Å². The molecule has 156 valence electrons. The number of nitrogens with one attached hydrogen (secondary N) is 1. The van der Waals surface area contributed by atoms with E-state index < -0.39 is 0 Å². The molecule has 4 rings (SSSR count). The number of rotatable bonds is 4. The van der Waals surface area contributed by atoms with Crippen LogP contribution in [0.3, 0.4) is 0 Å². The molecule has 2 aliphatic heterocycles. The summed E-state index contributed by atoms with van der Waals surface area (Å²) in [6, 6.07) is 12.8. The third-order valence-electron chi connectivity index (χ3n) is 5.39. The lowest BCUT2D eigenvalue weighted by Crippen LogP contribution is -2.39. The molecule has 0 bridgehead atoms. The van der Waals surface area contributed by atoms with Gasteiger partial charge in [0.15, 0.2) is 11.5 Å². The van der Waals surface area contributed by atoms with Gasteiger partial charge in [-0.3, -0.25) is 9.59 Å². The van der Waals surface area contributed by atoms with Gasteiger partial charge in [0.2, 0.25) is 6.79 Å². The van der Waals surface area contributed by atoms with Gasteiger partial charge in [-0.25, -0.2) is 0 Å². The van der Waals surface area contributed by atoms with Crippen LogP contribution < -0.4 is 14.8 Å². The highest BCUT2D eigenvalue weighted by atomic mass is 16.7. The zero-order chi connectivity index (χ0) is 20.9. The first-order valence-corrected chi connectivity index (χ1v) is 10.4. The summed E-state index contributed by atoms with van der Waals surface area (Å²) in [6.07, 6.45) is 5.92. The molecule has 1 saturated heterocycles. The lowest BCUT2D eigenvalue weighted by molar-refractivity contribution is -0.127. The lowest BCUT2D eigenvalue weighted by atomic mass is 10.1. The van der Waals surface area contributed by atoms with Crippen LogP contribution in [0.15, 0.2) is 48.2 Å². The molecule has 2 aromatic rings. The molecule has 2 amide bonds. The average Bonchev–Trinajstić information content (AvgIpc) is 3.05. The number of hydrogen-bond acceptors (Lipinski definition) is 4. The summed E-state index contributed by atoms with van der Waals surface area (Å²) in [4.78, 5) is 28.0. The van der Waals surface area contributed by atoms with Crippen molar-refractivity contribution in [2.45, 2.75) is 32.6 Å². The fraction of sp³-hybridized carbons (Fsp3) is 0.333. The molecule has 2 aliphatic rings. The van der Waals surface area contributed by atoms with Crippen LogP contribution in [0.5, 0.6) is 11.5 Å². The molecule has 0 unspecified atom stereocenters. The van der Waals surface area contributed by atoms with Crippen LogP contribution in [0.4, 0.5) is 0 Å². The van der Waals surface area contributed by atoms with Crippen molar-refractivity contribution >= 4 is 17.9 Å². The van der Waals surface area contributed by atoms with Gasteiger partial charge in [-0.15, -0.1) is 0 Å². The molecule has 0 saturated carbocycles. The average molecular weight is 406 g/mol. The summed E-state index contributed by atoms with van der Waals surface area (Å²) in [5.74, 6) is 0.853. The van der Waals surface area contributed by atoms with Gasteiger partial charge in [0, 0.05) is 18.7 Å². The molecular weight excluding hydrogens is 380 g/mol. The van der Waals surface area contributed by atoms with Crippen molar-refractivity contribution in [1.82, 2.24) is 10.2 Å². The Kier molecular flexibility index (Phi) is 6.02. The Labute approximate surface area is 176 Å². The summed E-state index contributed by atoms with van der Waals surface area (Å²) in [6.45, 7) is 3.57. The van der Waals surface area contributed by atoms with E-state index in [1.54, 1.807) is 18.2 Å². The van der Waals surface area contributed by atoms with Gasteiger partial charge < -0.3 is 19.7 Å². The van der Waals surface area contributed by atoms with Gasteiger partial charge in [-0.2, -0.15) is 0 Å². The zero-order valence-corrected chi connectivity index (χ0v) is 17.1. The molecule has 0 aliphatic carbocycles. The van der Waals surface area contributed by atoms with Crippen LogP contribution in [0, 0.1) is 6.92 Å². The molecule has 2 aromatic carbocycles. The Balaban J connectivity index is 1.62. The molecule has 6 heteroatoms. The second-order valence-corrected chi connectivity index (χ2v) is 7.70. The predicted molar refractivity (Wildman–Crippen MR) is 114 cm³/mol. The minimum absolute atomic E-state index is 0.157. The van der Waals surface area contributed by atoms with Crippen LogP contribution in [-0.4, -0.2) is 36.6 Å². The number of carbonyl (C=O) groups is 2. The predicted octanol–water partition coefficient (Wildman–Crippen LogP) is 3.90. The summed E-state index contributed by atoms with van der Waals surface area (Å²) in [5.41, 5.74) is 2.62. The van der Waals surface area contributed by atoms with Gasteiger partial charge in [0.1, 0.15) is 5.70 Å². The second-order valence-electron chi connectivity index (χ2n) is 7.70. The van der Waals surface area contributed by atoms with Crippen molar-refractivity contribution in [3.63, 3.8) is 0 Å². The van der Waals surface area contributed by atoms with Crippen LogP contribution in [0.2, 0.25) is 0 Å². The molecule has 0 aromatic heterocycles. The largest absolute Gasteiger partial charge is 0.454 e. The zero-order valence-electron chi connectivity index (χ0n) is 17.1. The van der Waals surface area contributed by atoms with E-state index in [9.17, 15) is 9.59 Å². The molecule has 2 heterocycles. The maximum Gasteiger partial charge on any atom is 0.270 e. The van der Waals surface area contributed by atoms with Crippen molar-refractivity contribution in [2.24, 2.45) is 0 Å². The van der Waals surface area contributed by atoms with E-state index >= 15 is 0 Å². The molecule has 0 spiro atoms. The van der Waals surface area contributed by atoms with E-state index in [-0.39, 0.29) is 24.3 Å². The smallest absolute Gasteiger partial charge is 0.270 e. The third-order valence-corrected chi connectivity index (χ3v) is 5.39. The maximum atomic E-state index is 13.3. The van der Waals surface area contributed by atoms with Gasteiger partial charge in [0.05, 0.1) is 0 Å². The van der Waals surface area contributed by atoms with Gasteiger partial charge in [-0.1, -0.05) is 36.6 Å². The number of likely N-dealkylation sites (tertiary alicyclic amines) is 1. The van der Waals surface area contributed by atoms with Crippen molar-refractivity contribution < 1.29 is 19.1 Å². The van der Waals surface area contributed by atoms with Gasteiger partial charge in [0.25, 0.3) is 11.8 Å². The molecular formula is C24H26N2O4. The number of fused-ring (bicyclic) bond motifs is 1. The van der Waals surface area contributed by atoms with E-state index in [0.29, 0.717) is 30.2 Å². The van der Waals surface area contributed by atoms with Crippen molar-refractivity contribution in [1.29, 1.82) is 0 Å². The topological polar surface area (TPSA) is 67.9 Å². The van der Waals surface area contributed by atoms with Crippen molar-refractivity contribution in [2.75, 3.05) is 19.9 Å². The fourth-order valence-corrected chi connectivity index (χ4v) is 3.66. The normalized spacial score (nSPS) is 16.2. The lowest BCUT2D eigenvalue weighted by Gasteiger charge is -2.22. The monoisotopic (exact) mass is 406 g/mol. The number of aryl methyl sites for hydroxylation is 1. The van der Waals surface area contributed by atoms with Crippen molar-refractivity contribution in [3.8, 4) is 11.5 Å². The van der Waals surface area contributed by atoms with Crippen molar-refractivity contribution in [3.05, 3.63) is 64.9 Å². The Morgan fingerprint density at radius 3 is 2.37 bits per heavy atom. The third kappa shape index (κ3) is 4.64. The maximum absolute atomic E-state index is 13.3. The Hall–Kier alpha value is -3.28. The highest BCUT2D eigenvalue weighted by Gasteiger charge is 2.22. The summed E-state index contributed by atoms with van der Waals surface area (Å²) < 4.78 is 10.8. The first kappa shape index (κ1) is 20.0. The first-order valence-electron chi connectivity index (χ1n) is 10.4. The minimum Gasteiger partial charge on any atom is -0.454 e. The molecule has 30 heavy (non-hydrogen) atoms. The van der Waals surface area contributed by atoms with Gasteiger partial charge >= 0.3 is 0 Å².